The number of carbonyl (C=O) groups is 1. The Morgan fingerprint density at radius 2 is 1.72 bits per heavy atom. The first-order chi connectivity index (χ1) is 12.1. The summed E-state index contributed by atoms with van der Waals surface area (Å²) in [6.45, 7) is 4.35. The number of benzene rings is 2. The van der Waals surface area contributed by atoms with Gasteiger partial charge in [-0.2, -0.15) is 0 Å². The summed E-state index contributed by atoms with van der Waals surface area (Å²) in [5.74, 6) is 1.29. The molecule has 5 heteroatoms. The van der Waals surface area contributed by atoms with Crippen molar-refractivity contribution in [3.05, 3.63) is 66.2 Å². The normalized spacial score (nSPS) is 16.4. The molecule has 0 spiro atoms. The van der Waals surface area contributed by atoms with Crippen LogP contribution in [-0.4, -0.2) is 18.6 Å². The Kier molecular flexibility index (Phi) is 5.23. The largest absolute Gasteiger partial charge is 0.485 e. The molecule has 0 unspecified atom stereocenters. The van der Waals surface area contributed by atoms with E-state index in [0.717, 1.165) is 11.3 Å². The van der Waals surface area contributed by atoms with Gasteiger partial charge in [-0.1, -0.05) is 62.4 Å². The van der Waals surface area contributed by atoms with Gasteiger partial charge < -0.3 is 9.47 Å². The van der Waals surface area contributed by atoms with Crippen LogP contribution >= 0.6 is 0 Å². The van der Waals surface area contributed by atoms with Crippen LogP contribution in [0.2, 0.25) is 0 Å². The molecule has 3 rings (SSSR count). The van der Waals surface area contributed by atoms with Crippen LogP contribution in [0.3, 0.4) is 0 Å². The molecule has 0 aromatic heterocycles. The highest BCUT2D eigenvalue weighted by Crippen LogP contribution is 2.30. The molecule has 130 valence electrons. The first-order valence-corrected chi connectivity index (χ1v) is 8.35. The minimum atomic E-state index is -0.696. The van der Waals surface area contributed by atoms with Gasteiger partial charge in [0.25, 0.3) is 5.91 Å². The molecule has 2 aromatic rings. The fraction of sp³-hybridized carbons (Fsp3) is 0.250. The highest BCUT2D eigenvalue weighted by molar-refractivity contribution is 5.82. The number of carbonyl (C=O) groups excluding carboxylic acids is 1. The van der Waals surface area contributed by atoms with Gasteiger partial charge in [-0.15, -0.1) is 0 Å². The Labute approximate surface area is 147 Å². The average Bonchev–Trinajstić information content (AvgIpc) is 2.65. The standard InChI is InChI=1S/C20H22N2O3/c1-14(2)12-16(15-8-4-3-5-9-15)21-22-20(23)19-13-24-17-10-6-7-11-18(17)25-19/h3-12,14,19,21H,13H2,1-2H3,(H,22,23)/b16-12-/t19-/m1/s1. The zero-order valence-electron chi connectivity index (χ0n) is 14.4. The Hall–Kier alpha value is -2.95. The van der Waals surface area contributed by atoms with Crippen molar-refractivity contribution in [1.29, 1.82) is 0 Å². The van der Waals surface area contributed by atoms with Crippen LogP contribution < -0.4 is 20.3 Å². The molecule has 1 amide bonds. The molecule has 2 N–H and O–H groups in total. The molecule has 2 aromatic carbocycles. The second-order valence-electron chi connectivity index (χ2n) is 6.17. The van der Waals surface area contributed by atoms with Crippen molar-refractivity contribution >= 4 is 11.6 Å². The third-order valence-electron chi connectivity index (χ3n) is 3.71. The number of hydrogen-bond acceptors (Lipinski definition) is 4. The number of fused-ring (bicyclic) bond motifs is 1. The number of allylic oxidation sites excluding steroid dienone is 1. The number of amides is 1. The van der Waals surface area contributed by atoms with Gasteiger partial charge >= 0.3 is 0 Å². The smallest absolute Gasteiger partial charge is 0.282 e. The highest BCUT2D eigenvalue weighted by atomic mass is 16.6. The summed E-state index contributed by atoms with van der Waals surface area (Å²) in [5, 5.41) is 0. The van der Waals surface area contributed by atoms with E-state index in [9.17, 15) is 4.79 Å². The molecule has 0 saturated heterocycles. The van der Waals surface area contributed by atoms with E-state index < -0.39 is 6.10 Å². The maximum absolute atomic E-state index is 12.4. The van der Waals surface area contributed by atoms with Gasteiger partial charge in [0.05, 0.1) is 5.70 Å². The van der Waals surface area contributed by atoms with Gasteiger partial charge in [-0.05, 0) is 23.6 Å². The lowest BCUT2D eigenvalue weighted by Gasteiger charge is -2.26. The Morgan fingerprint density at radius 3 is 2.44 bits per heavy atom. The van der Waals surface area contributed by atoms with E-state index in [4.69, 9.17) is 9.47 Å². The molecule has 1 atom stereocenters. The molecular formula is C20H22N2O3. The number of nitrogens with one attached hydrogen (secondary N) is 2. The minimum Gasteiger partial charge on any atom is -0.485 e. The van der Waals surface area contributed by atoms with Gasteiger partial charge in [0.1, 0.15) is 6.61 Å². The Balaban J connectivity index is 1.65. The second-order valence-corrected chi connectivity index (χ2v) is 6.17. The average molecular weight is 338 g/mol. The van der Waals surface area contributed by atoms with Gasteiger partial charge in [-0.25, -0.2) is 0 Å². The number of ether oxygens (including phenoxy) is 2. The van der Waals surface area contributed by atoms with Gasteiger partial charge in [0, 0.05) is 0 Å². The third kappa shape index (κ3) is 4.32. The summed E-state index contributed by atoms with van der Waals surface area (Å²) >= 11 is 0. The van der Waals surface area contributed by atoms with Crippen molar-refractivity contribution in [3.63, 3.8) is 0 Å². The zero-order chi connectivity index (χ0) is 17.6. The molecule has 0 saturated carbocycles. The summed E-state index contributed by atoms with van der Waals surface area (Å²) in [4.78, 5) is 12.4. The van der Waals surface area contributed by atoms with Crippen LogP contribution in [0.1, 0.15) is 19.4 Å². The molecule has 1 aliphatic rings. The van der Waals surface area contributed by atoms with Crippen molar-refractivity contribution < 1.29 is 14.3 Å². The quantitative estimate of drug-likeness (QED) is 0.822. The lowest BCUT2D eigenvalue weighted by molar-refractivity contribution is -0.131. The molecule has 0 bridgehead atoms. The van der Waals surface area contributed by atoms with Crippen molar-refractivity contribution in [2.45, 2.75) is 20.0 Å². The number of rotatable bonds is 5. The van der Waals surface area contributed by atoms with Crippen LogP contribution in [-0.2, 0) is 4.79 Å². The molecule has 1 aliphatic heterocycles. The van der Waals surface area contributed by atoms with Gasteiger partial charge in [-0.3, -0.25) is 15.6 Å². The highest BCUT2D eigenvalue weighted by Gasteiger charge is 2.27. The van der Waals surface area contributed by atoms with E-state index in [0.29, 0.717) is 17.4 Å². The maximum atomic E-state index is 12.4. The predicted molar refractivity (Wildman–Crippen MR) is 96.9 cm³/mol. The first kappa shape index (κ1) is 16.9. The zero-order valence-corrected chi connectivity index (χ0v) is 14.4. The number of hydrogen-bond donors (Lipinski definition) is 2. The summed E-state index contributed by atoms with van der Waals surface area (Å²) in [5.41, 5.74) is 7.59. The van der Waals surface area contributed by atoms with Crippen LogP contribution in [0.4, 0.5) is 0 Å². The monoisotopic (exact) mass is 338 g/mol. The summed E-state index contributed by atoms with van der Waals surface area (Å²) in [6.07, 6.45) is 1.36. The fourth-order valence-corrected chi connectivity index (χ4v) is 2.52. The van der Waals surface area contributed by atoms with Crippen LogP contribution in [0.25, 0.3) is 5.70 Å². The molecule has 0 aliphatic carbocycles. The lowest BCUT2D eigenvalue weighted by Crippen LogP contribution is -2.48. The maximum Gasteiger partial charge on any atom is 0.282 e. The van der Waals surface area contributed by atoms with Gasteiger partial charge in [0.2, 0.25) is 6.10 Å². The third-order valence-corrected chi connectivity index (χ3v) is 3.71. The van der Waals surface area contributed by atoms with Crippen molar-refractivity contribution in [3.8, 4) is 11.5 Å². The SMILES string of the molecule is CC(C)/C=C(\NNC(=O)[C@H]1COc2ccccc2O1)c1ccccc1. The van der Waals surface area contributed by atoms with E-state index in [1.807, 2.05) is 48.5 Å². The lowest BCUT2D eigenvalue weighted by atomic mass is 10.1. The summed E-state index contributed by atoms with van der Waals surface area (Å²) in [7, 11) is 0. The number of para-hydroxylation sites is 2. The topological polar surface area (TPSA) is 59.6 Å². The van der Waals surface area contributed by atoms with Crippen molar-refractivity contribution in [1.82, 2.24) is 10.9 Å². The summed E-state index contributed by atoms with van der Waals surface area (Å²) < 4.78 is 11.3. The van der Waals surface area contributed by atoms with E-state index >= 15 is 0 Å². The van der Waals surface area contributed by atoms with E-state index in [1.54, 1.807) is 6.07 Å². The van der Waals surface area contributed by atoms with Crippen LogP contribution in [0, 0.1) is 5.92 Å². The van der Waals surface area contributed by atoms with E-state index in [-0.39, 0.29) is 12.5 Å². The molecule has 0 radical (unpaired) electrons. The molecule has 1 heterocycles. The molecule has 0 fully saturated rings. The van der Waals surface area contributed by atoms with Gasteiger partial charge in [0.15, 0.2) is 11.5 Å². The number of hydrazine groups is 1. The Morgan fingerprint density at radius 1 is 1.04 bits per heavy atom. The predicted octanol–water partition coefficient (Wildman–Crippen LogP) is 3.14. The minimum absolute atomic E-state index is 0.180. The first-order valence-electron chi connectivity index (χ1n) is 8.35. The molecule has 25 heavy (non-hydrogen) atoms. The van der Waals surface area contributed by atoms with E-state index in [1.165, 1.54) is 0 Å². The van der Waals surface area contributed by atoms with E-state index in [2.05, 4.69) is 30.8 Å². The summed E-state index contributed by atoms with van der Waals surface area (Å²) in [6, 6.07) is 17.2. The fourth-order valence-electron chi connectivity index (χ4n) is 2.52. The van der Waals surface area contributed by atoms with Crippen LogP contribution in [0.5, 0.6) is 11.5 Å². The molecular weight excluding hydrogens is 316 g/mol. The molecule has 5 nitrogen and oxygen atoms in total. The van der Waals surface area contributed by atoms with Crippen molar-refractivity contribution in [2.24, 2.45) is 5.92 Å². The Bertz CT molecular complexity index is 757. The second kappa shape index (κ2) is 7.75. The van der Waals surface area contributed by atoms with Crippen molar-refractivity contribution in [2.75, 3.05) is 6.61 Å². The van der Waals surface area contributed by atoms with Crippen LogP contribution in [0.15, 0.2) is 60.7 Å².